The van der Waals surface area contributed by atoms with E-state index in [1.54, 1.807) is 30.3 Å². The molecule has 6 nitrogen and oxygen atoms in total. The van der Waals surface area contributed by atoms with Gasteiger partial charge in [-0.25, -0.2) is 4.79 Å². The number of carboxylic acid groups (broad SMARTS) is 1. The smallest absolute Gasteiger partial charge is 0.446 e. The van der Waals surface area contributed by atoms with Gasteiger partial charge < -0.3 is 9.29 Å². The molecular formula is C10H9F3O6S. The van der Waals surface area contributed by atoms with Gasteiger partial charge in [-0.15, -0.1) is 0 Å². The van der Waals surface area contributed by atoms with Gasteiger partial charge in [0.05, 0.1) is 0 Å². The molecule has 2 N–H and O–H groups in total. The summed E-state index contributed by atoms with van der Waals surface area (Å²) in [6.07, 6.45) is 0.982. The molecule has 0 radical (unpaired) electrons. The number of rotatable bonds is 4. The second kappa shape index (κ2) is 8.17. The molecule has 0 heterocycles. The Kier molecular flexibility index (Phi) is 7.33. The minimum atomic E-state index is -4.84. The van der Waals surface area contributed by atoms with Crippen molar-refractivity contribution in [2.75, 3.05) is 0 Å². The van der Waals surface area contributed by atoms with Crippen LogP contribution in [0.3, 0.4) is 0 Å². The Morgan fingerprint density at radius 3 is 2.00 bits per heavy atom. The molecule has 0 aliphatic rings. The highest BCUT2D eigenvalue weighted by Gasteiger charge is 2.16. The summed E-state index contributed by atoms with van der Waals surface area (Å²) < 4.78 is 62.0. The Morgan fingerprint density at radius 1 is 1.20 bits per heavy atom. The molecule has 0 saturated heterocycles. The standard InChI is InChI=1S/C9H8O6S.CHF3/c10-9(11)8(15-16(12,13)14)6-7-4-2-1-3-5-7;2-1(3)4/h1-6H,(H,10,11)(H,12,13,14);1H. The zero-order chi connectivity index (χ0) is 15.8. The van der Waals surface area contributed by atoms with E-state index in [0.29, 0.717) is 5.56 Å². The molecule has 0 aromatic heterocycles. The maximum atomic E-state index is 10.6. The van der Waals surface area contributed by atoms with Crippen LogP contribution in [0.15, 0.2) is 36.1 Å². The van der Waals surface area contributed by atoms with Crippen molar-refractivity contribution in [3.8, 4) is 0 Å². The molecule has 1 rings (SSSR count). The van der Waals surface area contributed by atoms with Gasteiger partial charge in [0.15, 0.2) is 0 Å². The lowest BCUT2D eigenvalue weighted by Gasteiger charge is -2.01. The van der Waals surface area contributed by atoms with Gasteiger partial charge in [-0.2, -0.15) is 21.6 Å². The number of alkyl halides is 3. The summed E-state index contributed by atoms with van der Waals surface area (Å²) in [5.74, 6) is -2.48. The third kappa shape index (κ3) is 9.91. The van der Waals surface area contributed by atoms with Crippen LogP contribution in [-0.2, 0) is 19.4 Å². The van der Waals surface area contributed by atoms with Gasteiger partial charge in [-0.3, -0.25) is 4.55 Å². The van der Waals surface area contributed by atoms with Crippen LogP contribution in [0, 0.1) is 0 Å². The lowest BCUT2D eigenvalue weighted by molar-refractivity contribution is -0.135. The zero-order valence-corrected chi connectivity index (χ0v) is 10.4. The van der Waals surface area contributed by atoms with Crippen LogP contribution in [0.5, 0.6) is 0 Å². The van der Waals surface area contributed by atoms with Crippen LogP contribution in [0.25, 0.3) is 6.08 Å². The first-order valence-corrected chi connectivity index (χ1v) is 6.07. The first-order chi connectivity index (χ1) is 9.11. The average Bonchev–Trinajstić information content (AvgIpc) is 2.26. The van der Waals surface area contributed by atoms with Gasteiger partial charge in [0.2, 0.25) is 5.76 Å². The highest BCUT2D eigenvalue weighted by molar-refractivity contribution is 7.81. The van der Waals surface area contributed by atoms with Crippen molar-refractivity contribution in [2.24, 2.45) is 0 Å². The lowest BCUT2D eigenvalue weighted by Crippen LogP contribution is -2.10. The summed E-state index contributed by atoms with van der Waals surface area (Å²) >= 11 is 0. The number of carboxylic acids is 1. The van der Waals surface area contributed by atoms with Crippen LogP contribution < -0.4 is 0 Å². The van der Waals surface area contributed by atoms with Gasteiger partial charge in [0, 0.05) is 0 Å². The molecular weight excluding hydrogens is 305 g/mol. The summed E-state index contributed by atoms with van der Waals surface area (Å²) in [6, 6.07) is 8.09. The van der Waals surface area contributed by atoms with Crippen LogP contribution in [0.2, 0.25) is 0 Å². The van der Waals surface area contributed by atoms with Crippen molar-refractivity contribution >= 4 is 22.4 Å². The minimum Gasteiger partial charge on any atom is -0.475 e. The van der Waals surface area contributed by atoms with E-state index in [4.69, 9.17) is 9.66 Å². The second-order valence-electron chi connectivity index (χ2n) is 2.98. The summed E-state index contributed by atoms with van der Waals surface area (Å²) in [4.78, 5) is 10.6. The molecule has 0 aliphatic carbocycles. The van der Waals surface area contributed by atoms with Gasteiger partial charge >= 0.3 is 23.0 Å². The summed E-state index contributed by atoms with van der Waals surface area (Å²) in [7, 11) is -4.84. The fourth-order valence-corrected chi connectivity index (χ4v) is 1.28. The van der Waals surface area contributed by atoms with E-state index in [-0.39, 0.29) is 0 Å². The normalized spacial score (nSPS) is 11.6. The van der Waals surface area contributed by atoms with Crippen molar-refractivity contribution in [2.45, 2.75) is 6.68 Å². The van der Waals surface area contributed by atoms with E-state index >= 15 is 0 Å². The number of hydrogen-bond donors (Lipinski definition) is 2. The number of aliphatic carboxylic acids is 1. The fourth-order valence-electron chi connectivity index (χ4n) is 0.936. The monoisotopic (exact) mass is 314 g/mol. The molecule has 1 aromatic carbocycles. The number of benzene rings is 1. The van der Waals surface area contributed by atoms with Crippen LogP contribution >= 0.6 is 0 Å². The van der Waals surface area contributed by atoms with E-state index in [1.807, 2.05) is 0 Å². The van der Waals surface area contributed by atoms with Crippen molar-refractivity contribution in [1.29, 1.82) is 0 Å². The van der Waals surface area contributed by atoms with E-state index in [2.05, 4.69) is 4.18 Å². The molecule has 10 heteroatoms. The number of hydrogen-bond acceptors (Lipinski definition) is 4. The van der Waals surface area contributed by atoms with Crippen molar-refractivity contribution in [3.05, 3.63) is 41.7 Å². The zero-order valence-electron chi connectivity index (χ0n) is 9.61. The molecule has 1 aromatic rings. The number of carbonyl (C=O) groups is 1. The summed E-state index contributed by atoms with van der Waals surface area (Å²) in [6.45, 7) is -3.67. The fraction of sp³-hybridized carbons (Fsp3) is 0.100. The molecule has 0 spiro atoms. The molecule has 0 saturated carbocycles. The average molecular weight is 314 g/mol. The maximum Gasteiger partial charge on any atom is 0.446 e. The third-order valence-corrected chi connectivity index (χ3v) is 1.89. The maximum absolute atomic E-state index is 10.6. The third-order valence-electron chi connectivity index (χ3n) is 1.50. The largest absolute Gasteiger partial charge is 0.475 e. The van der Waals surface area contributed by atoms with E-state index in [0.717, 1.165) is 6.08 Å². The summed E-state index contributed by atoms with van der Waals surface area (Å²) in [5, 5.41) is 8.63. The van der Waals surface area contributed by atoms with Crippen molar-refractivity contribution < 1.29 is 40.2 Å². The Hall–Kier alpha value is -2.07. The molecule has 20 heavy (non-hydrogen) atoms. The molecule has 0 aliphatic heterocycles. The Labute approximate surface area is 112 Å². The predicted octanol–water partition coefficient (Wildman–Crippen LogP) is 2.11. The van der Waals surface area contributed by atoms with Crippen LogP contribution in [0.4, 0.5) is 13.2 Å². The molecule has 0 fully saturated rings. The minimum absolute atomic E-state index is 0.434. The molecule has 0 amide bonds. The van der Waals surface area contributed by atoms with Crippen LogP contribution in [0.1, 0.15) is 5.56 Å². The SMILES string of the molecule is FC(F)F.O=C(O)C(=Cc1ccccc1)OS(=O)(=O)O. The van der Waals surface area contributed by atoms with Crippen LogP contribution in [-0.4, -0.2) is 30.7 Å². The highest BCUT2D eigenvalue weighted by atomic mass is 32.3. The number of halogens is 3. The van der Waals surface area contributed by atoms with Crippen molar-refractivity contribution in [3.63, 3.8) is 0 Å². The van der Waals surface area contributed by atoms with Crippen molar-refractivity contribution in [1.82, 2.24) is 0 Å². The molecule has 112 valence electrons. The predicted molar refractivity (Wildman–Crippen MR) is 61.8 cm³/mol. The highest BCUT2D eigenvalue weighted by Crippen LogP contribution is 2.10. The molecule has 0 unspecified atom stereocenters. The topological polar surface area (TPSA) is 101 Å². The van der Waals surface area contributed by atoms with Gasteiger partial charge in [0.25, 0.3) is 0 Å². The lowest BCUT2D eigenvalue weighted by atomic mass is 10.2. The Bertz CT molecular complexity index is 553. The molecule has 0 atom stereocenters. The van der Waals surface area contributed by atoms with E-state index < -0.39 is 28.8 Å². The Balaban J connectivity index is 0.000000796. The first kappa shape index (κ1) is 17.9. The second-order valence-corrected chi connectivity index (χ2v) is 4.01. The van der Waals surface area contributed by atoms with Gasteiger partial charge in [0.1, 0.15) is 0 Å². The molecule has 0 bridgehead atoms. The Morgan fingerprint density at radius 2 is 1.65 bits per heavy atom. The van der Waals surface area contributed by atoms with Gasteiger partial charge in [-0.05, 0) is 11.6 Å². The summed E-state index contributed by atoms with van der Waals surface area (Å²) in [5.41, 5.74) is 0.434. The first-order valence-electron chi connectivity index (χ1n) is 4.71. The van der Waals surface area contributed by atoms with E-state index in [9.17, 15) is 26.4 Å². The quantitative estimate of drug-likeness (QED) is 0.501. The van der Waals surface area contributed by atoms with E-state index in [1.165, 1.54) is 0 Å². The van der Waals surface area contributed by atoms with Gasteiger partial charge in [-0.1, -0.05) is 30.3 Å².